The molecule has 2 aromatic carbocycles. The van der Waals surface area contributed by atoms with Crippen molar-refractivity contribution in [1.82, 2.24) is 9.80 Å². The molecular weight excluding hydrogens is 364 g/mol. The van der Waals surface area contributed by atoms with E-state index in [1.54, 1.807) is 0 Å². The number of likely N-dealkylation sites (tertiary alicyclic amines) is 1. The number of nitrogens with zero attached hydrogens (tertiary/aromatic N) is 2. The van der Waals surface area contributed by atoms with Crippen LogP contribution in [0.4, 0.5) is 4.79 Å². The third-order valence-corrected chi connectivity index (χ3v) is 6.53. The van der Waals surface area contributed by atoms with Crippen molar-refractivity contribution in [2.24, 2.45) is 17.8 Å². The highest BCUT2D eigenvalue weighted by Crippen LogP contribution is 2.45. The van der Waals surface area contributed by atoms with Crippen LogP contribution in [0.1, 0.15) is 30.0 Å². The Bertz CT molecular complexity index is 882. The van der Waals surface area contributed by atoms with Gasteiger partial charge in [0.15, 0.2) is 0 Å². The third kappa shape index (κ3) is 3.67. The van der Waals surface area contributed by atoms with Gasteiger partial charge in [-0.3, -0.25) is 9.69 Å². The van der Waals surface area contributed by atoms with Crippen LogP contribution in [0.5, 0.6) is 0 Å². The van der Waals surface area contributed by atoms with E-state index < -0.39 is 6.09 Å². The Morgan fingerprint density at radius 3 is 2.34 bits per heavy atom. The minimum atomic E-state index is -0.500. The first kappa shape index (κ1) is 18.4. The highest BCUT2D eigenvalue weighted by atomic mass is 16.6. The van der Waals surface area contributed by atoms with Crippen LogP contribution in [0.25, 0.3) is 0 Å². The first-order chi connectivity index (χ1) is 14.2. The van der Waals surface area contributed by atoms with Gasteiger partial charge in [-0.15, -0.1) is 0 Å². The van der Waals surface area contributed by atoms with Crippen LogP contribution in [-0.2, 0) is 16.1 Å². The molecule has 3 atom stereocenters. The minimum absolute atomic E-state index is 0.0613. The van der Waals surface area contributed by atoms with Gasteiger partial charge in [-0.05, 0) is 35.8 Å². The van der Waals surface area contributed by atoms with Crippen LogP contribution in [0.3, 0.4) is 0 Å². The summed E-state index contributed by atoms with van der Waals surface area (Å²) >= 11 is 0. The Balaban J connectivity index is 1.36. The quantitative estimate of drug-likeness (QED) is 0.778. The fourth-order valence-corrected chi connectivity index (χ4v) is 4.91. The van der Waals surface area contributed by atoms with E-state index in [9.17, 15) is 9.59 Å². The highest BCUT2D eigenvalue weighted by Gasteiger charge is 2.50. The van der Waals surface area contributed by atoms with Crippen molar-refractivity contribution >= 4 is 12.0 Å². The molecule has 1 saturated carbocycles. The summed E-state index contributed by atoms with van der Waals surface area (Å²) in [7, 11) is 0. The zero-order valence-electron chi connectivity index (χ0n) is 16.4. The van der Waals surface area contributed by atoms with Gasteiger partial charge in [0.05, 0.1) is 5.92 Å². The standard InChI is InChI=1S/C24H26N2O3/c27-23(26-22(16-29-24(26)28)19-9-5-2-6-10-19)21-15-25(14-20(21)18-11-12-18)13-17-7-3-1-4-8-17/h1-10,18,20-22H,11-16H2/t20-,21-,22-/m0/s1. The zero-order valence-corrected chi connectivity index (χ0v) is 16.4. The third-order valence-electron chi connectivity index (χ3n) is 6.53. The summed E-state index contributed by atoms with van der Waals surface area (Å²) in [5, 5.41) is 0. The fraction of sp³-hybridized carbons (Fsp3) is 0.417. The van der Waals surface area contributed by atoms with Crippen molar-refractivity contribution in [3.05, 3.63) is 71.8 Å². The molecule has 0 N–H and O–H groups in total. The molecule has 3 aliphatic rings. The van der Waals surface area contributed by atoms with Crippen molar-refractivity contribution in [3.8, 4) is 0 Å². The molecule has 2 saturated heterocycles. The maximum atomic E-state index is 13.6. The number of imide groups is 1. The van der Waals surface area contributed by atoms with Gasteiger partial charge >= 0.3 is 6.09 Å². The lowest BCUT2D eigenvalue weighted by molar-refractivity contribution is -0.134. The van der Waals surface area contributed by atoms with Crippen LogP contribution >= 0.6 is 0 Å². The van der Waals surface area contributed by atoms with Gasteiger partial charge < -0.3 is 4.74 Å². The summed E-state index contributed by atoms with van der Waals surface area (Å²) < 4.78 is 5.30. The smallest absolute Gasteiger partial charge is 0.417 e. The Morgan fingerprint density at radius 1 is 0.966 bits per heavy atom. The van der Waals surface area contributed by atoms with E-state index in [-0.39, 0.29) is 24.5 Å². The van der Waals surface area contributed by atoms with Gasteiger partial charge in [0, 0.05) is 19.6 Å². The van der Waals surface area contributed by atoms with E-state index in [1.165, 1.54) is 23.3 Å². The van der Waals surface area contributed by atoms with Crippen LogP contribution in [-0.4, -0.2) is 41.5 Å². The summed E-state index contributed by atoms with van der Waals surface area (Å²) in [4.78, 5) is 29.8. The maximum absolute atomic E-state index is 13.6. The number of hydrogen-bond acceptors (Lipinski definition) is 4. The molecule has 0 spiro atoms. The number of benzene rings is 2. The maximum Gasteiger partial charge on any atom is 0.417 e. The molecule has 0 aromatic heterocycles. The van der Waals surface area contributed by atoms with Gasteiger partial charge in [0.1, 0.15) is 12.6 Å². The van der Waals surface area contributed by atoms with E-state index >= 15 is 0 Å². The number of cyclic esters (lactones) is 1. The van der Waals surface area contributed by atoms with E-state index in [2.05, 4.69) is 29.2 Å². The van der Waals surface area contributed by atoms with Crippen LogP contribution in [0.15, 0.2) is 60.7 Å². The van der Waals surface area contributed by atoms with Gasteiger partial charge in [0.2, 0.25) is 5.91 Å². The number of hydrogen-bond donors (Lipinski definition) is 0. The lowest BCUT2D eigenvalue weighted by Gasteiger charge is -2.25. The fourth-order valence-electron chi connectivity index (χ4n) is 4.91. The number of amides is 2. The highest BCUT2D eigenvalue weighted by molar-refractivity contribution is 5.95. The Hall–Kier alpha value is -2.66. The van der Waals surface area contributed by atoms with E-state index in [0.717, 1.165) is 18.7 Å². The monoisotopic (exact) mass is 390 g/mol. The van der Waals surface area contributed by atoms with Crippen molar-refractivity contribution < 1.29 is 14.3 Å². The molecule has 2 aliphatic heterocycles. The van der Waals surface area contributed by atoms with Gasteiger partial charge in [0.25, 0.3) is 0 Å². The first-order valence-electron chi connectivity index (χ1n) is 10.5. The zero-order chi connectivity index (χ0) is 19.8. The van der Waals surface area contributed by atoms with Crippen molar-refractivity contribution in [2.75, 3.05) is 19.7 Å². The van der Waals surface area contributed by atoms with Crippen LogP contribution in [0.2, 0.25) is 0 Å². The van der Waals surface area contributed by atoms with Gasteiger partial charge in [-0.25, -0.2) is 9.69 Å². The number of ether oxygens (including phenoxy) is 1. The predicted octanol–water partition coefficient (Wildman–Crippen LogP) is 3.86. The average Bonchev–Trinajstić information content (AvgIpc) is 3.40. The average molecular weight is 390 g/mol. The second kappa shape index (κ2) is 7.64. The van der Waals surface area contributed by atoms with Gasteiger partial charge in [-0.2, -0.15) is 0 Å². The number of rotatable bonds is 5. The van der Waals surface area contributed by atoms with E-state index in [4.69, 9.17) is 4.74 Å². The lowest BCUT2D eigenvalue weighted by Crippen LogP contribution is -2.41. The second-order valence-electron chi connectivity index (χ2n) is 8.50. The predicted molar refractivity (Wildman–Crippen MR) is 109 cm³/mol. The van der Waals surface area contributed by atoms with Crippen LogP contribution < -0.4 is 0 Å². The summed E-state index contributed by atoms with van der Waals surface area (Å²) in [6.07, 6.45) is 1.89. The Morgan fingerprint density at radius 2 is 1.66 bits per heavy atom. The summed E-state index contributed by atoms with van der Waals surface area (Å²) in [5.41, 5.74) is 2.21. The molecule has 2 heterocycles. The molecule has 5 rings (SSSR count). The molecule has 5 nitrogen and oxygen atoms in total. The number of carbonyl (C=O) groups is 2. The molecule has 29 heavy (non-hydrogen) atoms. The molecule has 150 valence electrons. The molecule has 0 bridgehead atoms. The molecule has 0 unspecified atom stereocenters. The van der Waals surface area contributed by atoms with E-state index in [1.807, 2.05) is 36.4 Å². The summed E-state index contributed by atoms with van der Waals surface area (Å²) in [6, 6.07) is 19.8. The molecule has 0 radical (unpaired) electrons. The summed E-state index contributed by atoms with van der Waals surface area (Å²) in [6.45, 7) is 2.72. The Kier molecular flexibility index (Phi) is 4.84. The van der Waals surface area contributed by atoms with Crippen molar-refractivity contribution in [1.29, 1.82) is 0 Å². The molecular formula is C24H26N2O3. The minimum Gasteiger partial charge on any atom is -0.446 e. The number of carbonyl (C=O) groups excluding carboxylic acids is 2. The molecule has 1 aliphatic carbocycles. The molecule has 5 heteroatoms. The molecule has 2 amide bonds. The molecule has 2 aromatic rings. The van der Waals surface area contributed by atoms with Crippen molar-refractivity contribution in [3.63, 3.8) is 0 Å². The first-order valence-corrected chi connectivity index (χ1v) is 10.5. The topological polar surface area (TPSA) is 49.9 Å². The van der Waals surface area contributed by atoms with Crippen LogP contribution in [0, 0.1) is 17.8 Å². The van der Waals surface area contributed by atoms with Gasteiger partial charge in [-0.1, -0.05) is 60.7 Å². The normalized spacial score (nSPS) is 27.2. The Labute approximate surface area is 171 Å². The van der Waals surface area contributed by atoms with Crippen molar-refractivity contribution in [2.45, 2.75) is 25.4 Å². The largest absolute Gasteiger partial charge is 0.446 e. The second-order valence-corrected chi connectivity index (χ2v) is 8.50. The SMILES string of the molecule is O=C1OC[C@@H](c2ccccc2)N1C(=O)[C@H]1CN(Cc2ccccc2)C[C@H]1C1CC1. The van der Waals surface area contributed by atoms with E-state index in [0.29, 0.717) is 18.4 Å². The lowest BCUT2D eigenvalue weighted by atomic mass is 9.89. The summed E-state index contributed by atoms with van der Waals surface area (Å²) in [5.74, 6) is 0.742. The molecule has 3 fully saturated rings.